The molecule has 0 saturated carbocycles. The minimum atomic E-state index is 0.0771. The number of hydrogen-bond acceptors (Lipinski definition) is 8. The van der Waals surface area contributed by atoms with Crippen LogP contribution in [0.3, 0.4) is 0 Å². The third kappa shape index (κ3) is 3.60. The molecular formula is C21H26N8O. The fourth-order valence-corrected chi connectivity index (χ4v) is 5.13. The monoisotopic (exact) mass is 406 g/mol. The van der Waals surface area contributed by atoms with Gasteiger partial charge in [-0.2, -0.15) is 15.0 Å². The lowest BCUT2D eigenvalue weighted by molar-refractivity contribution is 0.178. The Morgan fingerprint density at radius 2 is 1.87 bits per heavy atom. The predicted molar refractivity (Wildman–Crippen MR) is 112 cm³/mol. The molecule has 2 aliphatic rings. The molecule has 156 valence electrons. The van der Waals surface area contributed by atoms with Crippen molar-refractivity contribution in [2.24, 2.45) is 5.92 Å². The largest absolute Gasteiger partial charge is 0.507 e. The number of fused-ring (bicyclic) bond motifs is 2. The first kappa shape index (κ1) is 18.9. The number of phenols is 1. The minimum absolute atomic E-state index is 0.0771. The summed E-state index contributed by atoms with van der Waals surface area (Å²) < 4.78 is 0. The maximum Gasteiger partial charge on any atom is 0.242 e. The number of hydrogen-bond donors (Lipinski definition) is 3. The molecule has 3 N–H and O–H groups in total. The van der Waals surface area contributed by atoms with Crippen LogP contribution in [-0.2, 0) is 0 Å². The Morgan fingerprint density at radius 3 is 2.50 bits per heavy atom. The van der Waals surface area contributed by atoms with Gasteiger partial charge in [-0.25, -0.2) is 4.98 Å². The molecule has 2 aliphatic heterocycles. The number of nitrogens with one attached hydrogen (secondary N) is 2. The van der Waals surface area contributed by atoms with Gasteiger partial charge >= 0.3 is 0 Å². The summed E-state index contributed by atoms with van der Waals surface area (Å²) in [6.07, 6.45) is 9.60. The van der Waals surface area contributed by atoms with E-state index in [1.807, 2.05) is 6.07 Å². The van der Waals surface area contributed by atoms with Gasteiger partial charge in [0.2, 0.25) is 5.95 Å². The minimum Gasteiger partial charge on any atom is -0.507 e. The Bertz CT molecular complexity index is 1020. The fraction of sp³-hybridized carbons (Fsp3) is 0.476. The maximum atomic E-state index is 10.4. The molecule has 2 saturated heterocycles. The molecule has 5 rings (SSSR count). The number of aromatic nitrogens is 6. The maximum absolute atomic E-state index is 10.4. The molecule has 2 fully saturated rings. The summed E-state index contributed by atoms with van der Waals surface area (Å²) in [7, 11) is 0. The zero-order valence-electron chi connectivity index (χ0n) is 17.2. The molecule has 1 aromatic carbocycles. The molecule has 30 heavy (non-hydrogen) atoms. The third-order valence-electron chi connectivity index (χ3n) is 6.33. The molecule has 2 unspecified atom stereocenters. The van der Waals surface area contributed by atoms with Crippen LogP contribution < -0.4 is 10.6 Å². The van der Waals surface area contributed by atoms with Gasteiger partial charge in [-0.1, -0.05) is 0 Å². The molecule has 0 spiro atoms. The van der Waals surface area contributed by atoms with Gasteiger partial charge in [0.15, 0.2) is 0 Å². The van der Waals surface area contributed by atoms with E-state index in [0.29, 0.717) is 28.8 Å². The summed E-state index contributed by atoms with van der Waals surface area (Å²) in [5.74, 6) is 1.17. The molecule has 4 heterocycles. The number of nitrogens with zero attached hydrogens (tertiary/aromatic N) is 6. The van der Waals surface area contributed by atoms with Gasteiger partial charge in [-0.3, -0.25) is 0 Å². The van der Waals surface area contributed by atoms with Gasteiger partial charge < -0.3 is 15.7 Å². The molecular weight excluding hydrogens is 380 g/mol. The fourth-order valence-electron chi connectivity index (χ4n) is 5.13. The molecule has 9 heteroatoms. The van der Waals surface area contributed by atoms with E-state index in [1.54, 1.807) is 30.7 Å². The van der Waals surface area contributed by atoms with E-state index in [9.17, 15) is 5.11 Å². The van der Waals surface area contributed by atoms with Crippen molar-refractivity contribution in [2.75, 3.05) is 11.9 Å². The van der Waals surface area contributed by atoms with Crippen LogP contribution >= 0.6 is 0 Å². The van der Waals surface area contributed by atoms with Gasteiger partial charge in [0.1, 0.15) is 11.4 Å². The second-order valence-electron chi connectivity index (χ2n) is 9.09. The van der Waals surface area contributed by atoms with Crippen molar-refractivity contribution in [3.63, 3.8) is 0 Å². The lowest BCUT2D eigenvalue weighted by Crippen LogP contribution is -2.54. The SMILES string of the molecule is CC12CCC(C)(CC(CNc3ncc(-c4ccc(-n5nccn5)cc4O)nn3)C1)N2. The summed E-state index contributed by atoms with van der Waals surface area (Å²) in [5.41, 5.74) is 2.24. The van der Waals surface area contributed by atoms with E-state index >= 15 is 0 Å². The Hall–Kier alpha value is -3.07. The van der Waals surface area contributed by atoms with Crippen molar-refractivity contribution in [2.45, 2.75) is 50.6 Å². The van der Waals surface area contributed by atoms with Crippen molar-refractivity contribution in [3.8, 4) is 22.7 Å². The number of phenolic OH excluding ortho intramolecular Hbond substituents is 1. The first-order chi connectivity index (χ1) is 14.4. The van der Waals surface area contributed by atoms with Gasteiger partial charge in [0.05, 0.1) is 24.3 Å². The van der Waals surface area contributed by atoms with Crippen LogP contribution in [-0.4, -0.2) is 52.9 Å². The van der Waals surface area contributed by atoms with Crippen LogP contribution in [0, 0.1) is 5.92 Å². The van der Waals surface area contributed by atoms with Crippen molar-refractivity contribution in [3.05, 3.63) is 36.8 Å². The van der Waals surface area contributed by atoms with Crippen LogP contribution in [0.1, 0.15) is 39.5 Å². The van der Waals surface area contributed by atoms with Crippen molar-refractivity contribution < 1.29 is 5.11 Å². The van der Waals surface area contributed by atoms with Gasteiger partial charge in [-0.15, -0.1) is 10.2 Å². The average molecular weight is 406 g/mol. The zero-order chi connectivity index (χ0) is 20.8. The number of anilines is 1. The quantitative estimate of drug-likeness (QED) is 0.592. The van der Waals surface area contributed by atoms with E-state index in [2.05, 4.69) is 49.9 Å². The van der Waals surface area contributed by atoms with Gasteiger partial charge in [0.25, 0.3) is 0 Å². The lowest BCUT2D eigenvalue weighted by Gasteiger charge is -2.42. The highest BCUT2D eigenvalue weighted by atomic mass is 16.3. The van der Waals surface area contributed by atoms with Crippen LogP contribution in [0.25, 0.3) is 16.9 Å². The Morgan fingerprint density at radius 1 is 1.13 bits per heavy atom. The van der Waals surface area contributed by atoms with Crippen LogP contribution in [0.5, 0.6) is 5.75 Å². The van der Waals surface area contributed by atoms with Crippen LogP contribution in [0.2, 0.25) is 0 Å². The van der Waals surface area contributed by atoms with Crippen LogP contribution in [0.4, 0.5) is 5.95 Å². The van der Waals surface area contributed by atoms with E-state index < -0.39 is 0 Å². The predicted octanol–water partition coefficient (Wildman–Crippen LogP) is 2.55. The van der Waals surface area contributed by atoms with Gasteiger partial charge in [0, 0.05) is 29.3 Å². The number of piperidine rings is 1. The molecule has 2 atom stereocenters. The topological polar surface area (TPSA) is 114 Å². The first-order valence-electron chi connectivity index (χ1n) is 10.3. The number of benzene rings is 1. The zero-order valence-corrected chi connectivity index (χ0v) is 17.2. The van der Waals surface area contributed by atoms with Gasteiger partial charge in [-0.05, 0) is 57.6 Å². The van der Waals surface area contributed by atoms with E-state index in [0.717, 1.165) is 19.4 Å². The van der Waals surface area contributed by atoms with Crippen molar-refractivity contribution in [1.29, 1.82) is 0 Å². The average Bonchev–Trinajstić information content (AvgIpc) is 3.33. The van der Waals surface area contributed by atoms with Crippen molar-refractivity contribution in [1.82, 2.24) is 35.5 Å². The molecule has 9 nitrogen and oxygen atoms in total. The number of aromatic hydroxyl groups is 1. The second kappa shape index (κ2) is 7.02. The molecule has 2 aromatic heterocycles. The second-order valence-corrected chi connectivity index (χ2v) is 9.09. The number of rotatable bonds is 5. The van der Waals surface area contributed by atoms with E-state index in [-0.39, 0.29) is 16.8 Å². The van der Waals surface area contributed by atoms with Crippen molar-refractivity contribution >= 4 is 5.95 Å². The molecule has 3 aromatic rings. The standard InChI is InChI=1S/C21H26N8O/c1-20-5-6-21(2,28-20)11-14(10-20)12-22-19-23-13-17(26-27-19)16-4-3-15(9-18(16)30)29-24-7-8-25-29/h3-4,7-9,13-14,28,30H,5-6,10-12H2,1-2H3,(H,22,23,27). The first-order valence-corrected chi connectivity index (χ1v) is 10.3. The Balaban J connectivity index is 1.25. The molecule has 0 amide bonds. The van der Waals surface area contributed by atoms with E-state index in [1.165, 1.54) is 17.6 Å². The molecule has 2 bridgehead atoms. The summed E-state index contributed by atoms with van der Waals surface area (Å²) in [5, 5.41) is 34.1. The Kier molecular flexibility index (Phi) is 4.43. The van der Waals surface area contributed by atoms with E-state index in [4.69, 9.17) is 0 Å². The highest BCUT2D eigenvalue weighted by molar-refractivity contribution is 5.67. The summed E-state index contributed by atoms with van der Waals surface area (Å²) in [6, 6.07) is 5.17. The lowest BCUT2D eigenvalue weighted by atomic mass is 9.80. The summed E-state index contributed by atoms with van der Waals surface area (Å²) >= 11 is 0. The smallest absolute Gasteiger partial charge is 0.242 e. The highest BCUT2D eigenvalue weighted by Crippen LogP contribution is 2.44. The molecule has 0 aliphatic carbocycles. The normalized spacial score (nSPS) is 27.9. The van der Waals surface area contributed by atoms with Crippen LogP contribution in [0.15, 0.2) is 36.8 Å². The summed E-state index contributed by atoms with van der Waals surface area (Å²) in [6.45, 7) is 5.50. The third-order valence-corrected chi connectivity index (χ3v) is 6.33. The summed E-state index contributed by atoms with van der Waals surface area (Å²) in [4.78, 5) is 5.84. The highest BCUT2D eigenvalue weighted by Gasteiger charge is 2.48. The Labute approximate surface area is 175 Å². The molecule has 0 radical (unpaired) electrons.